The molecule has 2 aromatic rings. The van der Waals surface area contributed by atoms with Gasteiger partial charge in [-0.05, 0) is 30.3 Å². The van der Waals surface area contributed by atoms with Crippen molar-refractivity contribution in [3.8, 4) is 0 Å². The Morgan fingerprint density at radius 1 is 1.08 bits per heavy atom. The number of aromatic nitrogens is 1. The van der Waals surface area contributed by atoms with Crippen LogP contribution in [0.4, 0.5) is 13.2 Å². The summed E-state index contributed by atoms with van der Waals surface area (Å²) in [5.74, 6) is -1.52. The maximum Gasteiger partial charge on any atom is 0.417 e. The third-order valence-corrected chi connectivity index (χ3v) is 3.39. The number of ether oxygens (including phenoxy) is 1. The average Bonchev–Trinajstić information content (AvgIpc) is 2.54. The number of carbonyl (C=O) groups is 2. The molecule has 0 aliphatic rings. The van der Waals surface area contributed by atoms with Crippen LogP contribution >= 0.6 is 11.6 Å². The largest absolute Gasteiger partial charge is 0.456 e. The molecule has 0 aliphatic heterocycles. The molecule has 1 heterocycles. The highest BCUT2D eigenvalue weighted by atomic mass is 35.5. The Hall–Kier alpha value is -2.61. The van der Waals surface area contributed by atoms with E-state index < -0.39 is 42.2 Å². The minimum Gasteiger partial charge on any atom is -0.456 e. The molecule has 2 rings (SSSR count). The van der Waals surface area contributed by atoms with Gasteiger partial charge in [0.1, 0.15) is 6.54 Å². The highest BCUT2D eigenvalue weighted by molar-refractivity contribution is 6.30. The third kappa shape index (κ3) is 5.18. The Balaban J connectivity index is 2.00. The first-order valence-corrected chi connectivity index (χ1v) is 7.26. The highest BCUT2D eigenvalue weighted by Crippen LogP contribution is 2.27. The molecule has 0 amide bonds. The molecule has 0 N–H and O–H groups in total. The van der Waals surface area contributed by atoms with Crippen molar-refractivity contribution >= 4 is 23.4 Å². The van der Waals surface area contributed by atoms with Gasteiger partial charge in [-0.3, -0.25) is 14.4 Å². The predicted octanol–water partition coefficient (Wildman–Crippen LogP) is 2.95. The molecule has 132 valence electrons. The molecule has 1 aromatic carbocycles. The van der Waals surface area contributed by atoms with Crippen LogP contribution in [-0.4, -0.2) is 22.9 Å². The summed E-state index contributed by atoms with van der Waals surface area (Å²) >= 11 is 5.68. The van der Waals surface area contributed by atoms with Crippen LogP contribution in [0.3, 0.4) is 0 Å². The zero-order chi connectivity index (χ0) is 18.6. The molecule has 0 unspecified atom stereocenters. The van der Waals surface area contributed by atoms with E-state index in [-0.39, 0.29) is 5.56 Å². The van der Waals surface area contributed by atoms with Crippen molar-refractivity contribution in [3.63, 3.8) is 0 Å². The number of benzene rings is 1. The van der Waals surface area contributed by atoms with Gasteiger partial charge in [0.05, 0.1) is 5.56 Å². The van der Waals surface area contributed by atoms with Crippen molar-refractivity contribution in [2.24, 2.45) is 0 Å². The number of hydrogen-bond acceptors (Lipinski definition) is 4. The van der Waals surface area contributed by atoms with Gasteiger partial charge in [0.25, 0.3) is 5.56 Å². The Morgan fingerprint density at radius 2 is 1.72 bits per heavy atom. The highest BCUT2D eigenvalue weighted by Gasteiger charge is 2.31. The van der Waals surface area contributed by atoms with Gasteiger partial charge in [-0.25, -0.2) is 0 Å². The number of rotatable bonds is 5. The number of carbonyl (C=O) groups excluding carboxylic acids is 2. The maximum absolute atomic E-state index is 12.6. The van der Waals surface area contributed by atoms with Gasteiger partial charge in [-0.2, -0.15) is 13.2 Å². The van der Waals surface area contributed by atoms with Crippen molar-refractivity contribution in [1.29, 1.82) is 0 Å². The summed E-state index contributed by atoms with van der Waals surface area (Å²) in [5.41, 5.74) is -1.61. The van der Waals surface area contributed by atoms with Crippen molar-refractivity contribution in [2.75, 3.05) is 6.61 Å². The first kappa shape index (κ1) is 18.7. The van der Waals surface area contributed by atoms with Gasteiger partial charge in [0, 0.05) is 22.8 Å². The molecule has 0 aliphatic carbocycles. The van der Waals surface area contributed by atoms with Crippen molar-refractivity contribution in [2.45, 2.75) is 12.7 Å². The number of halogens is 4. The number of Topliss-reactive ketones (excluding diaryl/α,β-unsaturated/α-hetero) is 1. The predicted molar refractivity (Wildman–Crippen MR) is 82.4 cm³/mol. The van der Waals surface area contributed by atoms with Crippen LogP contribution in [0.5, 0.6) is 0 Å². The fraction of sp³-hybridized carbons (Fsp3) is 0.188. The Bertz CT molecular complexity index is 844. The second kappa shape index (κ2) is 7.52. The molecule has 0 radical (unpaired) electrons. The van der Waals surface area contributed by atoms with E-state index in [1.54, 1.807) is 0 Å². The molecule has 0 fully saturated rings. The summed E-state index contributed by atoms with van der Waals surface area (Å²) in [4.78, 5) is 35.0. The summed E-state index contributed by atoms with van der Waals surface area (Å²) in [5, 5.41) is 0.428. The second-order valence-electron chi connectivity index (χ2n) is 4.97. The number of pyridine rings is 1. The number of esters is 1. The molecular weight excluding hydrogens is 363 g/mol. The van der Waals surface area contributed by atoms with Crippen LogP contribution in [-0.2, 0) is 22.3 Å². The normalized spacial score (nSPS) is 11.2. The third-order valence-electron chi connectivity index (χ3n) is 3.14. The van der Waals surface area contributed by atoms with Crippen LogP contribution in [0.25, 0.3) is 0 Å². The maximum atomic E-state index is 12.6. The first-order valence-electron chi connectivity index (χ1n) is 6.89. The lowest BCUT2D eigenvalue weighted by molar-refractivity contribution is -0.144. The van der Waals surface area contributed by atoms with Gasteiger partial charge in [0.15, 0.2) is 12.4 Å². The lowest BCUT2D eigenvalue weighted by Crippen LogP contribution is -2.27. The van der Waals surface area contributed by atoms with Crippen LogP contribution in [0.1, 0.15) is 15.9 Å². The standard InChI is InChI=1S/C16H11ClF3NO4/c17-12-4-1-10(2-5-12)13(22)9-25-15(24)8-21-7-11(16(18,19)20)3-6-14(21)23/h1-7H,8-9H2. The van der Waals surface area contributed by atoms with Gasteiger partial charge >= 0.3 is 12.1 Å². The lowest BCUT2D eigenvalue weighted by atomic mass is 10.1. The van der Waals surface area contributed by atoms with Crippen LogP contribution in [0, 0.1) is 0 Å². The lowest BCUT2D eigenvalue weighted by Gasteiger charge is -2.10. The van der Waals surface area contributed by atoms with Crippen LogP contribution < -0.4 is 5.56 Å². The van der Waals surface area contributed by atoms with E-state index in [0.717, 1.165) is 0 Å². The molecule has 0 spiro atoms. The quantitative estimate of drug-likeness (QED) is 0.597. The molecule has 5 nitrogen and oxygen atoms in total. The molecule has 9 heteroatoms. The minimum absolute atomic E-state index is 0.258. The molecular formula is C16H11ClF3NO4. The molecule has 0 saturated heterocycles. The van der Waals surface area contributed by atoms with Crippen molar-refractivity contribution < 1.29 is 27.5 Å². The van der Waals surface area contributed by atoms with Crippen LogP contribution in [0.2, 0.25) is 5.02 Å². The van der Waals surface area contributed by atoms with E-state index in [4.69, 9.17) is 16.3 Å². The number of hydrogen-bond donors (Lipinski definition) is 0. The fourth-order valence-electron chi connectivity index (χ4n) is 1.87. The summed E-state index contributed by atoms with van der Waals surface area (Å²) in [7, 11) is 0. The molecule has 1 aromatic heterocycles. The summed E-state index contributed by atoms with van der Waals surface area (Å²) in [6.07, 6.45) is -4.13. The van der Waals surface area contributed by atoms with E-state index in [0.29, 0.717) is 27.9 Å². The molecule has 0 saturated carbocycles. The fourth-order valence-corrected chi connectivity index (χ4v) is 2.00. The molecule has 25 heavy (non-hydrogen) atoms. The van der Waals surface area contributed by atoms with Gasteiger partial charge in [-0.1, -0.05) is 11.6 Å². The Morgan fingerprint density at radius 3 is 2.32 bits per heavy atom. The smallest absolute Gasteiger partial charge is 0.417 e. The number of alkyl halides is 3. The number of nitrogens with zero attached hydrogens (tertiary/aromatic N) is 1. The molecule has 0 atom stereocenters. The van der Waals surface area contributed by atoms with Crippen molar-refractivity contribution in [1.82, 2.24) is 4.57 Å². The summed E-state index contributed by atoms with van der Waals surface area (Å²) in [6.45, 7) is -1.34. The van der Waals surface area contributed by atoms with Crippen molar-refractivity contribution in [3.05, 3.63) is 69.1 Å². The van der Waals surface area contributed by atoms with Crippen LogP contribution in [0.15, 0.2) is 47.4 Å². The average molecular weight is 374 g/mol. The van der Waals surface area contributed by atoms with Gasteiger partial charge in [0.2, 0.25) is 0 Å². The van der Waals surface area contributed by atoms with E-state index in [2.05, 4.69) is 0 Å². The Labute approximate surface area is 144 Å². The minimum atomic E-state index is -4.65. The van der Waals surface area contributed by atoms with Gasteiger partial charge in [-0.15, -0.1) is 0 Å². The Kier molecular flexibility index (Phi) is 5.63. The molecule has 0 bridgehead atoms. The first-order chi connectivity index (χ1) is 11.7. The summed E-state index contributed by atoms with van der Waals surface area (Å²) < 4.78 is 43.1. The monoisotopic (exact) mass is 373 g/mol. The van der Waals surface area contributed by atoms with Gasteiger partial charge < -0.3 is 9.30 Å². The zero-order valence-electron chi connectivity index (χ0n) is 12.5. The topological polar surface area (TPSA) is 65.4 Å². The second-order valence-corrected chi connectivity index (χ2v) is 5.41. The van der Waals surface area contributed by atoms with E-state index >= 15 is 0 Å². The summed E-state index contributed by atoms with van der Waals surface area (Å²) in [6, 6.07) is 7.17. The number of ketones is 1. The zero-order valence-corrected chi connectivity index (χ0v) is 13.3. The SMILES string of the molecule is O=C(Cn1cc(C(F)(F)F)ccc1=O)OCC(=O)c1ccc(Cl)cc1. The van der Waals surface area contributed by atoms with E-state index in [1.807, 2.05) is 0 Å². The van der Waals surface area contributed by atoms with E-state index in [9.17, 15) is 27.6 Å². The van der Waals surface area contributed by atoms with E-state index in [1.165, 1.54) is 24.3 Å².